The molecule has 2 aliphatic heterocycles. The van der Waals surface area contributed by atoms with Crippen molar-refractivity contribution in [2.24, 2.45) is 16.7 Å². The minimum Gasteiger partial charge on any atom is -0.446 e. The predicted octanol–water partition coefficient (Wildman–Crippen LogP) is 4.04. The van der Waals surface area contributed by atoms with E-state index >= 15 is 0 Å². The summed E-state index contributed by atoms with van der Waals surface area (Å²) >= 11 is 0. The summed E-state index contributed by atoms with van der Waals surface area (Å²) < 4.78 is 44.2. The summed E-state index contributed by atoms with van der Waals surface area (Å²) in [5.74, 6) is 1.07. The van der Waals surface area contributed by atoms with E-state index in [1.807, 2.05) is 18.7 Å². The third-order valence-electron chi connectivity index (χ3n) is 8.28. The van der Waals surface area contributed by atoms with Crippen LogP contribution in [0.15, 0.2) is 12.4 Å². The van der Waals surface area contributed by atoms with Crippen LogP contribution in [0.25, 0.3) is 0 Å². The summed E-state index contributed by atoms with van der Waals surface area (Å²) in [5, 5.41) is 0. The molecule has 1 aromatic heterocycles. The van der Waals surface area contributed by atoms with Crippen molar-refractivity contribution in [2.45, 2.75) is 71.3 Å². The van der Waals surface area contributed by atoms with E-state index in [0.717, 1.165) is 44.2 Å². The van der Waals surface area contributed by atoms with Gasteiger partial charge in [0.25, 0.3) is 0 Å². The molecule has 1 aromatic rings. The largest absolute Gasteiger partial charge is 0.446 e. The van der Waals surface area contributed by atoms with Crippen LogP contribution in [0.5, 0.6) is 0 Å². The Morgan fingerprint density at radius 1 is 1.09 bits per heavy atom. The minimum absolute atomic E-state index is 0.0253. The van der Waals surface area contributed by atoms with E-state index in [1.54, 1.807) is 4.90 Å². The van der Waals surface area contributed by atoms with Gasteiger partial charge in [0.15, 0.2) is 0 Å². The fourth-order valence-electron chi connectivity index (χ4n) is 6.16. The van der Waals surface area contributed by atoms with Crippen LogP contribution in [-0.2, 0) is 10.9 Å². The van der Waals surface area contributed by atoms with E-state index < -0.39 is 11.7 Å². The van der Waals surface area contributed by atoms with Crippen molar-refractivity contribution in [1.82, 2.24) is 19.8 Å². The van der Waals surface area contributed by atoms with Crippen molar-refractivity contribution >= 4 is 12.0 Å². The number of piperazine rings is 1. The maximum absolute atomic E-state index is 12.9. The highest BCUT2D eigenvalue weighted by Gasteiger charge is 2.56. The Morgan fingerprint density at radius 2 is 1.65 bits per heavy atom. The lowest BCUT2D eigenvalue weighted by molar-refractivity contribution is -0.138. The highest BCUT2D eigenvalue weighted by atomic mass is 19.4. The van der Waals surface area contributed by atoms with Gasteiger partial charge in [0, 0.05) is 50.5 Å². The number of anilines is 1. The van der Waals surface area contributed by atoms with Gasteiger partial charge in [-0.15, -0.1) is 0 Å². The Morgan fingerprint density at radius 3 is 2.15 bits per heavy atom. The first kappa shape index (κ1) is 23.6. The molecule has 2 saturated heterocycles. The highest BCUT2D eigenvalue weighted by molar-refractivity contribution is 5.69. The number of carbonyl (C=O) groups excluding carboxylic acids is 1. The average Bonchev–Trinajstić information content (AvgIpc) is 3.29. The van der Waals surface area contributed by atoms with Crippen molar-refractivity contribution in [1.29, 1.82) is 0 Å². The van der Waals surface area contributed by atoms with Crippen molar-refractivity contribution in [3.63, 3.8) is 0 Å². The summed E-state index contributed by atoms with van der Waals surface area (Å²) in [6, 6.07) is -0.338. The Bertz CT molecular complexity index is 912. The third-order valence-corrected chi connectivity index (χ3v) is 8.28. The topological polar surface area (TPSA) is 61.8 Å². The number of aromatic nitrogens is 2. The number of amides is 1. The van der Waals surface area contributed by atoms with Gasteiger partial charge in [-0.1, -0.05) is 13.8 Å². The lowest BCUT2D eigenvalue weighted by Crippen LogP contribution is -2.65. The summed E-state index contributed by atoms with van der Waals surface area (Å²) in [6.45, 7) is 12.8. The molecule has 2 saturated carbocycles. The van der Waals surface area contributed by atoms with Gasteiger partial charge in [-0.3, -0.25) is 4.90 Å². The highest BCUT2D eigenvalue weighted by Crippen LogP contribution is 2.55. The summed E-state index contributed by atoms with van der Waals surface area (Å²) in [5.41, 5.74) is -0.0279. The van der Waals surface area contributed by atoms with Crippen molar-refractivity contribution < 1.29 is 22.7 Å². The third kappa shape index (κ3) is 4.45. The lowest BCUT2D eigenvalue weighted by atomic mass is 9.61. The molecule has 10 heteroatoms. The molecule has 4 aliphatic rings. The first-order valence-electron chi connectivity index (χ1n) is 12.2. The molecule has 4 fully saturated rings. The summed E-state index contributed by atoms with van der Waals surface area (Å²) in [6.07, 6.45) is 0.0114. The van der Waals surface area contributed by atoms with Crippen LogP contribution in [0.4, 0.5) is 23.9 Å². The van der Waals surface area contributed by atoms with Gasteiger partial charge in [0.1, 0.15) is 6.10 Å². The Kier molecular flexibility index (Phi) is 5.53. The Labute approximate surface area is 198 Å². The number of halogens is 3. The monoisotopic (exact) mass is 481 g/mol. The second-order valence-corrected chi connectivity index (χ2v) is 11.8. The number of rotatable bonds is 4. The zero-order chi connectivity index (χ0) is 24.5. The summed E-state index contributed by atoms with van der Waals surface area (Å²) in [4.78, 5) is 26.9. The van der Waals surface area contributed by atoms with Crippen molar-refractivity contribution in [3.8, 4) is 0 Å². The second-order valence-electron chi connectivity index (χ2n) is 11.8. The molecule has 7 nitrogen and oxygen atoms in total. The van der Waals surface area contributed by atoms with Crippen LogP contribution < -0.4 is 4.90 Å². The van der Waals surface area contributed by atoms with Crippen LogP contribution in [0.2, 0.25) is 0 Å². The van der Waals surface area contributed by atoms with Gasteiger partial charge in [-0.2, -0.15) is 13.2 Å². The molecule has 5 rings (SSSR count). The molecule has 2 aliphatic carbocycles. The van der Waals surface area contributed by atoms with Crippen molar-refractivity contribution in [3.05, 3.63) is 18.0 Å². The number of alkyl halides is 3. The maximum atomic E-state index is 12.9. The summed E-state index contributed by atoms with van der Waals surface area (Å²) in [7, 11) is 0. The molecule has 1 amide bonds. The van der Waals surface area contributed by atoms with E-state index in [2.05, 4.69) is 28.7 Å². The quantitative estimate of drug-likeness (QED) is 0.647. The van der Waals surface area contributed by atoms with Crippen LogP contribution in [0.3, 0.4) is 0 Å². The molecule has 1 spiro atoms. The van der Waals surface area contributed by atoms with Crippen LogP contribution >= 0.6 is 0 Å². The fourth-order valence-corrected chi connectivity index (χ4v) is 6.16. The number of carbonyl (C=O) groups is 1. The normalized spacial score (nSPS) is 30.6. The van der Waals surface area contributed by atoms with Crippen LogP contribution in [-0.4, -0.2) is 76.8 Å². The number of ether oxygens (including phenoxy) is 1. The van der Waals surface area contributed by atoms with Gasteiger partial charge in [-0.05, 0) is 44.4 Å². The van der Waals surface area contributed by atoms with E-state index in [4.69, 9.17) is 4.74 Å². The zero-order valence-electron chi connectivity index (χ0n) is 20.3. The molecule has 34 heavy (non-hydrogen) atoms. The Balaban J connectivity index is 1.09. The average molecular weight is 482 g/mol. The van der Waals surface area contributed by atoms with E-state index in [0.29, 0.717) is 23.9 Å². The number of hydrogen-bond donors (Lipinski definition) is 0. The minimum atomic E-state index is -4.46. The number of hydrogen-bond acceptors (Lipinski definition) is 6. The molecule has 0 radical (unpaired) electrons. The van der Waals surface area contributed by atoms with Crippen molar-refractivity contribution in [2.75, 3.05) is 37.6 Å². The second kappa shape index (κ2) is 7.96. The van der Waals surface area contributed by atoms with Gasteiger partial charge in [0.05, 0.1) is 17.6 Å². The van der Waals surface area contributed by atoms with Crippen LogP contribution in [0.1, 0.15) is 52.5 Å². The van der Waals surface area contributed by atoms with Gasteiger partial charge < -0.3 is 14.5 Å². The van der Waals surface area contributed by atoms with Gasteiger partial charge >= 0.3 is 12.3 Å². The smallest absolute Gasteiger partial charge is 0.419 e. The number of likely N-dealkylation sites (tertiary alicyclic amines) is 1. The van der Waals surface area contributed by atoms with E-state index in [9.17, 15) is 18.0 Å². The number of nitrogens with zero attached hydrogens (tertiary/aromatic N) is 5. The van der Waals surface area contributed by atoms with E-state index in [1.165, 1.54) is 13.0 Å². The maximum Gasteiger partial charge on any atom is 0.419 e. The molecular formula is C24H34F3N5O2. The lowest BCUT2D eigenvalue weighted by Gasteiger charge is -2.59. The van der Waals surface area contributed by atoms with Gasteiger partial charge in [-0.25, -0.2) is 14.8 Å². The molecule has 3 heterocycles. The fraction of sp³-hybridized carbons (Fsp3) is 0.792. The molecule has 188 valence electrons. The molecule has 0 N–H and O–H groups in total. The molecule has 0 aromatic carbocycles. The first-order chi connectivity index (χ1) is 15.9. The van der Waals surface area contributed by atoms with E-state index in [-0.39, 0.29) is 30.2 Å². The van der Waals surface area contributed by atoms with Crippen LogP contribution in [0, 0.1) is 16.7 Å². The SMILES string of the molecule is C[C@@H]1CN(c2ncc(C(F)(F)F)cn2)C[C@H](C)N1C(=O)OC1CC2(C1)CN(CC1CC1(C)C)C2. The molecule has 3 atom stereocenters. The standard InChI is InChI=1S/C24H34F3N5O2/c1-15-10-31(20-28-8-18(9-29-20)24(25,26)27)11-16(2)32(15)21(33)34-19-6-23(7-19)13-30(14-23)12-17-5-22(17,3)4/h8-9,15-17,19H,5-7,10-14H2,1-4H3/t15-,16+,17?. The molecule has 1 unspecified atom stereocenters. The molecular weight excluding hydrogens is 447 g/mol. The molecule has 0 bridgehead atoms. The Hall–Kier alpha value is -2.10. The predicted molar refractivity (Wildman–Crippen MR) is 120 cm³/mol. The zero-order valence-corrected chi connectivity index (χ0v) is 20.3. The first-order valence-corrected chi connectivity index (χ1v) is 12.2. The van der Waals surface area contributed by atoms with Gasteiger partial charge in [0.2, 0.25) is 5.95 Å².